The van der Waals surface area contributed by atoms with Gasteiger partial charge in [-0.05, 0) is 37.7 Å². The molecule has 0 bridgehead atoms. The van der Waals surface area contributed by atoms with Crippen LogP contribution in [0, 0.1) is 19.8 Å². The molecule has 0 saturated carbocycles. The molecule has 1 fully saturated rings. The molecule has 0 spiro atoms. The summed E-state index contributed by atoms with van der Waals surface area (Å²) in [7, 11) is 0. The topological polar surface area (TPSA) is 30.0 Å². The predicted octanol–water partition coefficient (Wildman–Crippen LogP) is 2.63. The fraction of sp³-hybridized carbons (Fsp3) is 0.500. The average Bonchev–Trinajstić information content (AvgIpc) is 2.74. The Bertz CT molecular complexity index is 383. The normalized spacial score (nSPS) is 20.5. The van der Waals surface area contributed by atoms with E-state index in [2.05, 4.69) is 4.98 Å². The van der Waals surface area contributed by atoms with Crippen LogP contribution in [0.5, 0.6) is 0 Å². The maximum absolute atomic E-state index is 12.1. The van der Waals surface area contributed by atoms with E-state index in [1.165, 1.54) is 0 Å². The Labute approximate surface area is 94.5 Å². The van der Waals surface area contributed by atoms with Crippen molar-refractivity contribution in [2.45, 2.75) is 20.3 Å². The van der Waals surface area contributed by atoms with E-state index in [4.69, 9.17) is 0 Å². The first-order chi connectivity index (χ1) is 7.18. The van der Waals surface area contributed by atoms with Crippen LogP contribution in [0.4, 0.5) is 0 Å². The van der Waals surface area contributed by atoms with Crippen LogP contribution in [0.15, 0.2) is 12.3 Å². The molecule has 1 aliphatic heterocycles. The third kappa shape index (κ3) is 2.23. The third-order valence-electron chi connectivity index (χ3n) is 2.92. The summed E-state index contributed by atoms with van der Waals surface area (Å²) in [5, 5.41) is 0. The summed E-state index contributed by atoms with van der Waals surface area (Å²) < 4.78 is 0. The van der Waals surface area contributed by atoms with Gasteiger partial charge in [0.1, 0.15) is 0 Å². The molecule has 2 rings (SSSR count). The molecule has 1 aromatic heterocycles. The summed E-state index contributed by atoms with van der Waals surface area (Å²) in [6.45, 7) is 3.97. The van der Waals surface area contributed by atoms with E-state index in [0.717, 1.165) is 34.7 Å². The number of Topliss-reactive ketones (excluding diaryl/α,β-unsaturated/α-hetero) is 1. The Kier molecular flexibility index (Phi) is 3.10. The predicted molar refractivity (Wildman–Crippen MR) is 63.5 cm³/mol. The van der Waals surface area contributed by atoms with Crippen molar-refractivity contribution in [2.75, 3.05) is 11.5 Å². The van der Waals surface area contributed by atoms with Crippen LogP contribution in [0.25, 0.3) is 0 Å². The highest BCUT2D eigenvalue weighted by Gasteiger charge is 2.24. The second kappa shape index (κ2) is 4.35. The molecular weight excluding hydrogens is 206 g/mol. The third-order valence-corrected chi connectivity index (χ3v) is 4.09. The van der Waals surface area contributed by atoms with Gasteiger partial charge < -0.3 is 0 Å². The van der Waals surface area contributed by atoms with Gasteiger partial charge >= 0.3 is 0 Å². The van der Waals surface area contributed by atoms with Gasteiger partial charge in [0.15, 0.2) is 5.78 Å². The zero-order chi connectivity index (χ0) is 10.8. The van der Waals surface area contributed by atoms with Crippen LogP contribution in [-0.2, 0) is 0 Å². The van der Waals surface area contributed by atoms with Crippen molar-refractivity contribution in [3.63, 3.8) is 0 Å². The Hall–Kier alpha value is -0.830. The van der Waals surface area contributed by atoms with E-state index in [-0.39, 0.29) is 11.7 Å². The maximum Gasteiger partial charge on any atom is 0.168 e. The standard InChI is InChI=1S/C12H15NOS/c1-8-5-11(6-13-9(8)2)12(14)10-3-4-15-7-10/h5-6,10H,3-4,7H2,1-2H3. The molecule has 2 nitrogen and oxygen atoms in total. The van der Waals surface area contributed by atoms with Crippen molar-refractivity contribution in [1.29, 1.82) is 0 Å². The molecule has 2 heterocycles. The van der Waals surface area contributed by atoms with Gasteiger partial charge in [-0.25, -0.2) is 0 Å². The minimum Gasteiger partial charge on any atom is -0.294 e. The molecule has 1 atom stereocenters. The highest BCUT2D eigenvalue weighted by molar-refractivity contribution is 7.99. The van der Waals surface area contributed by atoms with E-state index in [1.54, 1.807) is 6.20 Å². The number of aromatic nitrogens is 1. The lowest BCUT2D eigenvalue weighted by molar-refractivity contribution is 0.0933. The van der Waals surface area contributed by atoms with Gasteiger partial charge in [-0.2, -0.15) is 11.8 Å². The van der Waals surface area contributed by atoms with Gasteiger partial charge in [0, 0.05) is 29.1 Å². The van der Waals surface area contributed by atoms with Crippen molar-refractivity contribution in [2.24, 2.45) is 5.92 Å². The molecule has 0 aromatic carbocycles. The smallest absolute Gasteiger partial charge is 0.168 e. The van der Waals surface area contributed by atoms with Gasteiger partial charge in [0.25, 0.3) is 0 Å². The number of nitrogens with zero attached hydrogens (tertiary/aromatic N) is 1. The molecular formula is C12H15NOS. The number of carbonyl (C=O) groups is 1. The molecule has 0 N–H and O–H groups in total. The Morgan fingerprint density at radius 1 is 1.53 bits per heavy atom. The summed E-state index contributed by atoms with van der Waals surface area (Å²) in [5.41, 5.74) is 2.89. The summed E-state index contributed by atoms with van der Waals surface area (Å²) in [5.74, 6) is 2.59. The molecule has 15 heavy (non-hydrogen) atoms. The Morgan fingerprint density at radius 2 is 2.33 bits per heavy atom. The summed E-state index contributed by atoms with van der Waals surface area (Å²) in [6, 6.07) is 1.97. The van der Waals surface area contributed by atoms with Gasteiger partial charge in [-0.15, -0.1) is 0 Å². The van der Waals surface area contributed by atoms with Crippen LogP contribution in [0.2, 0.25) is 0 Å². The van der Waals surface area contributed by atoms with Crippen LogP contribution >= 0.6 is 11.8 Å². The molecule has 0 aliphatic carbocycles. The largest absolute Gasteiger partial charge is 0.294 e. The fourth-order valence-electron chi connectivity index (χ4n) is 1.75. The molecule has 0 amide bonds. The van der Waals surface area contributed by atoms with Gasteiger partial charge in [0.05, 0.1) is 0 Å². The van der Waals surface area contributed by atoms with E-state index in [0.29, 0.717) is 0 Å². The molecule has 0 radical (unpaired) electrons. The first kappa shape index (κ1) is 10.7. The van der Waals surface area contributed by atoms with Crippen LogP contribution in [0.3, 0.4) is 0 Å². The second-order valence-corrected chi connectivity index (χ2v) is 5.20. The summed E-state index contributed by atoms with van der Waals surface area (Å²) in [6.07, 6.45) is 2.74. The van der Waals surface area contributed by atoms with Crippen LogP contribution in [-0.4, -0.2) is 22.3 Å². The minimum atomic E-state index is 0.221. The fourth-order valence-corrected chi connectivity index (χ4v) is 2.98. The maximum atomic E-state index is 12.1. The van der Waals surface area contributed by atoms with E-state index < -0.39 is 0 Å². The number of carbonyl (C=O) groups excluding carboxylic acids is 1. The number of hydrogen-bond donors (Lipinski definition) is 0. The SMILES string of the molecule is Cc1cc(C(=O)C2CCSC2)cnc1C. The van der Waals surface area contributed by atoms with E-state index in [1.807, 2.05) is 31.7 Å². The highest BCUT2D eigenvalue weighted by Crippen LogP contribution is 2.26. The molecule has 1 aliphatic rings. The molecule has 1 aromatic rings. The lowest BCUT2D eigenvalue weighted by Crippen LogP contribution is -2.14. The number of hydrogen-bond acceptors (Lipinski definition) is 3. The van der Waals surface area contributed by atoms with Crippen molar-refractivity contribution in [1.82, 2.24) is 4.98 Å². The Balaban J connectivity index is 2.21. The van der Waals surface area contributed by atoms with Crippen LogP contribution in [0.1, 0.15) is 28.0 Å². The lowest BCUT2D eigenvalue weighted by Gasteiger charge is -2.08. The Morgan fingerprint density at radius 3 is 2.93 bits per heavy atom. The first-order valence-electron chi connectivity index (χ1n) is 5.23. The van der Waals surface area contributed by atoms with Crippen molar-refractivity contribution in [3.05, 3.63) is 29.1 Å². The number of ketones is 1. The van der Waals surface area contributed by atoms with Gasteiger partial charge in [0.2, 0.25) is 0 Å². The molecule has 3 heteroatoms. The number of pyridine rings is 1. The van der Waals surface area contributed by atoms with Crippen LogP contribution < -0.4 is 0 Å². The summed E-state index contributed by atoms with van der Waals surface area (Å²) >= 11 is 1.87. The number of rotatable bonds is 2. The molecule has 80 valence electrons. The zero-order valence-corrected chi connectivity index (χ0v) is 9.93. The number of aryl methyl sites for hydroxylation is 2. The van der Waals surface area contributed by atoms with Gasteiger partial charge in [-0.3, -0.25) is 9.78 Å². The molecule has 1 saturated heterocycles. The quantitative estimate of drug-likeness (QED) is 0.719. The van der Waals surface area contributed by atoms with E-state index >= 15 is 0 Å². The van der Waals surface area contributed by atoms with Crippen molar-refractivity contribution in [3.8, 4) is 0 Å². The van der Waals surface area contributed by atoms with Crippen molar-refractivity contribution >= 4 is 17.5 Å². The zero-order valence-electron chi connectivity index (χ0n) is 9.12. The van der Waals surface area contributed by atoms with E-state index in [9.17, 15) is 4.79 Å². The minimum absolute atomic E-state index is 0.221. The first-order valence-corrected chi connectivity index (χ1v) is 6.39. The van der Waals surface area contributed by atoms with Gasteiger partial charge in [-0.1, -0.05) is 0 Å². The monoisotopic (exact) mass is 221 g/mol. The molecule has 1 unspecified atom stereocenters. The highest BCUT2D eigenvalue weighted by atomic mass is 32.2. The second-order valence-electron chi connectivity index (χ2n) is 4.05. The summed E-state index contributed by atoms with van der Waals surface area (Å²) in [4.78, 5) is 16.3. The average molecular weight is 221 g/mol. The van der Waals surface area contributed by atoms with Crippen molar-refractivity contribution < 1.29 is 4.79 Å². The number of thioether (sulfide) groups is 1. The lowest BCUT2D eigenvalue weighted by atomic mass is 9.97.